The maximum Gasteiger partial charge on any atom is 0.244 e. The number of hydrogen-bond donors (Lipinski definition) is 1. The number of carbonyl (C=O) groups is 2. The fourth-order valence-electron chi connectivity index (χ4n) is 4.39. The highest BCUT2D eigenvalue weighted by molar-refractivity contribution is 7.92. The fraction of sp³-hybridized carbons (Fsp3) is 0.440. The molecule has 0 heterocycles. The Morgan fingerprint density at radius 2 is 1.58 bits per heavy atom. The minimum absolute atomic E-state index is 0.0584. The molecule has 0 radical (unpaired) electrons. The molecule has 0 aromatic heterocycles. The van der Waals surface area contributed by atoms with E-state index in [9.17, 15) is 18.0 Å². The Labute approximate surface area is 227 Å². The summed E-state index contributed by atoms with van der Waals surface area (Å²) in [6.45, 7) is 1.20. The molecule has 0 saturated heterocycles. The van der Waals surface area contributed by atoms with Gasteiger partial charge in [0.2, 0.25) is 21.8 Å². The van der Waals surface area contributed by atoms with Crippen LogP contribution in [0.4, 0.5) is 5.69 Å². The SMILES string of the molecule is CC[C@@H](C(=O)NC1CCCC1)N(Cc1c(Cl)cccc1Cl)C(=O)CN(c1ccccc1Cl)S(C)(=O)=O. The van der Waals surface area contributed by atoms with E-state index in [4.69, 9.17) is 34.8 Å². The van der Waals surface area contributed by atoms with Crippen molar-refractivity contribution in [2.75, 3.05) is 17.1 Å². The molecule has 1 aliphatic rings. The van der Waals surface area contributed by atoms with Gasteiger partial charge in [-0.2, -0.15) is 0 Å². The van der Waals surface area contributed by atoms with Gasteiger partial charge in [0.15, 0.2) is 0 Å². The molecule has 3 rings (SSSR count). The second-order valence-electron chi connectivity index (χ2n) is 8.86. The number of nitrogens with zero attached hydrogens (tertiary/aromatic N) is 2. The van der Waals surface area contributed by atoms with Crippen LogP contribution >= 0.6 is 34.8 Å². The summed E-state index contributed by atoms with van der Waals surface area (Å²) < 4.78 is 26.3. The van der Waals surface area contributed by atoms with Crippen molar-refractivity contribution in [1.82, 2.24) is 10.2 Å². The zero-order chi connectivity index (χ0) is 26.5. The monoisotopic (exact) mass is 573 g/mol. The van der Waals surface area contributed by atoms with Crippen LogP contribution in [0.25, 0.3) is 0 Å². The van der Waals surface area contributed by atoms with Gasteiger partial charge in [0.1, 0.15) is 12.6 Å². The molecule has 7 nitrogen and oxygen atoms in total. The van der Waals surface area contributed by atoms with Crippen molar-refractivity contribution >= 4 is 62.3 Å². The number of sulfonamides is 1. The van der Waals surface area contributed by atoms with Crippen molar-refractivity contribution in [2.24, 2.45) is 0 Å². The summed E-state index contributed by atoms with van der Waals surface area (Å²) in [7, 11) is -3.88. The Morgan fingerprint density at radius 1 is 1.00 bits per heavy atom. The average Bonchev–Trinajstić information content (AvgIpc) is 3.32. The molecule has 1 N–H and O–H groups in total. The fourth-order valence-corrected chi connectivity index (χ4v) is 6.06. The normalized spacial score (nSPS) is 14.9. The van der Waals surface area contributed by atoms with Crippen molar-refractivity contribution < 1.29 is 18.0 Å². The van der Waals surface area contributed by atoms with E-state index in [-0.39, 0.29) is 29.2 Å². The first-order valence-corrected chi connectivity index (χ1v) is 14.8. The van der Waals surface area contributed by atoms with Crippen LogP contribution in [0.2, 0.25) is 15.1 Å². The van der Waals surface area contributed by atoms with Crippen molar-refractivity contribution in [1.29, 1.82) is 0 Å². The lowest BCUT2D eigenvalue weighted by atomic mass is 10.1. The molecule has 0 unspecified atom stereocenters. The maximum absolute atomic E-state index is 13.8. The molecule has 2 aromatic rings. The van der Waals surface area contributed by atoms with Gasteiger partial charge in [0, 0.05) is 28.2 Å². The quantitative estimate of drug-likeness (QED) is 0.418. The first kappa shape index (κ1) is 28.6. The van der Waals surface area contributed by atoms with Crippen LogP contribution in [0.3, 0.4) is 0 Å². The highest BCUT2D eigenvalue weighted by Crippen LogP contribution is 2.30. The molecule has 1 saturated carbocycles. The predicted molar refractivity (Wildman–Crippen MR) is 145 cm³/mol. The summed E-state index contributed by atoms with van der Waals surface area (Å²) in [6.07, 6.45) is 5.18. The third-order valence-electron chi connectivity index (χ3n) is 6.28. The summed E-state index contributed by atoms with van der Waals surface area (Å²) in [4.78, 5) is 28.4. The number of anilines is 1. The van der Waals surface area contributed by atoms with Gasteiger partial charge >= 0.3 is 0 Å². The predicted octanol–water partition coefficient (Wildman–Crippen LogP) is 5.28. The number of amides is 2. The second kappa shape index (κ2) is 12.5. The molecular weight excluding hydrogens is 545 g/mol. The molecule has 1 fully saturated rings. The smallest absolute Gasteiger partial charge is 0.244 e. The molecule has 0 aliphatic heterocycles. The van der Waals surface area contributed by atoms with Crippen LogP contribution in [0, 0.1) is 0 Å². The molecular formula is C25H30Cl3N3O4S. The summed E-state index contributed by atoms with van der Waals surface area (Å²) in [5.74, 6) is -0.866. The number of carbonyl (C=O) groups excluding carboxylic acids is 2. The van der Waals surface area contributed by atoms with Crippen LogP contribution in [0.5, 0.6) is 0 Å². The van der Waals surface area contributed by atoms with Crippen molar-refractivity contribution in [2.45, 2.75) is 57.7 Å². The molecule has 0 bridgehead atoms. The van der Waals surface area contributed by atoms with Crippen molar-refractivity contribution in [3.8, 4) is 0 Å². The van der Waals surface area contributed by atoms with Crippen LogP contribution in [-0.4, -0.2) is 50.0 Å². The molecule has 1 atom stereocenters. The Hall–Kier alpha value is -2.00. The highest BCUT2D eigenvalue weighted by atomic mass is 35.5. The minimum atomic E-state index is -3.88. The topological polar surface area (TPSA) is 86.8 Å². The summed E-state index contributed by atoms with van der Waals surface area (Å²) in [5, 5.41) is 3.93. The van der Waals surface area contributed by atoms with Gasteiger partial charge in [0.05, 0.1) is 17.0 Å². The van der Waals surface area contributed by atoms with E-state index < -0.39 is 28.5 Å². The van der Waals surface area contributed by atoms with E-state index in [0.29, 0.717) is 22.0 Å². The summed E-state index contributed by atoms with van der Waals surface area (Å²) in [5.41, 5.74) is 0.652. The first-order valence-electron chi connectivity index (χ1n) is 11.8. The molecule has 0 spiro atoms. The Balaban J connectivity index is 1.98. The lowest BCUT2D eigenvalue weighted by molar-refractivity contribution is -0.140. The Bertz CT molecular complexity index is 1180. The van der Waals surface area contributed by atoms with Gasteiger partial charge in [0.25, 0.3) is 0 Å². The third kappa shape index (κ3) is 7.06. The second-order valence-corrected chi connectivity index (χ2v) is 12.0. The summed E-state index contributed by atoms with van der Waals surface area (Å²) >= 11 is 19.0. The third-order valence-corrected chi connectivity index (χ3v) is 8.43. The number of nitrogens with one attached hydrogen (secondary N) is 1. The van der Waals surface area contributed by atoms with Crippen molar-refractivity contribution in [3.05, 3.63) is 63.1 Å². The zero-order valence-electron chi connectivity index (χ0n) is 20.2. The molecule has 2 aromatic carbocycles. The zero-order valence-corrected chi connectivity index (χ0v) is 23.3. The minimum Gasteiger partial charge on any atom is -0.352 e. The largest absolute Gasteiger partial charge is 0.352 e. The molecule has 196 valence electrons. The van der Waals surface area contributed by atoms with Gasteiger partial charge in [-0.1, -0.05) is 72.8 Å². The Kier molecular flexibility index (Phi) is 9.92. The number of rotatable bonds is 10. The van der Waals surface area contributed by atoms with E-state index >= 15 is 0 Å². The maximum atomic E-state index is 13.8. The first-order chi connectivity index (χ1) is 17.0. The standard InChI is InChI=1S/C25H30Cl3N3O4S/c1-3-22(25(33)29-17-9-4-5-10-17)30(15-18-19(26)12-8-13-20(18)27)24(32)16-31(36(2,34)35)23-14-7-6-11-21(23)28/h6-8,11-14,17,22H,3-5,9-10,15-16H2,1-2H3,(H,29,33)/t22-/m0/s1. The molecule has 1 aliphatic carbocycles. The van der Waals surface area contributed by atoms with E-state index in [1.807, 2.05) is 0 Å². The van der Waals surface area contributed by atoms with Crippen LogP contribution in [0.15, 0.2) is 42.5 Å². The van der Waals surface area contributed by atoms with Gasteiger partial charge < -0.3 is 10.2 Å². The van der Waals surface area contributed by atoms with Crippen LogP contribution < -0.4 is 9.62 Å². The van der Waals surface area contributed by atoms with E-state index in [2.05, 4.69) is 5.32 Å². The number of benzene rings is 2. The lowest BCUT2D eigenvalue weighted by Crippen LogP contribution is -2.53. The van der Waals surface area contributed by atoms with Crippen molar-refractivity contribution in [3.63, 3.8) is 0 Å². The lowest BCUT2D eigenvalue weighted by Gasteiger charge is -2.34. The Morgan fingerprint density at radius 3 is 2.14 bits per heavy atom. The molecule has 36 heavy (non-hydrogen) atoms. The number of hydrogen-bond acceptors (Lipinski definition) is 4. The van der Waals surface area contributed by atoms with E-state index in [1.165, 1.54) is 11.0 Å². The molecule has 2 amide bonds. The van der Waals surface area contributed by atoms with E-state index in [0.717, 1.165) is 36.2 Å². The molecule has 11 heteroatoms. The van der Waals surface area contributed by atoms with Crippen LogP contribution in [0.1, 0.15) is 44.6 Å². The number of halogens is 3. The van der Waals surface area contributed by atoms with Gasteiger partial charge in [-0.25, -0.2) is 8.42 Å². The average molecular weight is 575 g/mol. The van der Waals surface area contributed by atoms with Gasteiger partial charge in [-0.15, -0.1) is 0 Å². The highest BCUT2D eigenvalue weighted by Gasteiger charge is 2.34. The van der Waals surface area contributed by atoms with Gasteiger partial charge in [-0.05, 0) is 43.5 Å². The van der Waals surface area contributed by atoms with Crippen LogP contribution in [-0.2, 0) is 26.2 Å². The number of para-hydroxylation sites is 1. The summed E-state index contributed by atoms with van der Waals surface area (Å²) in [6, 6.07) is 10.6. The van der Waals surface area contributed by atoms with E-state index in [1.54, 1.807) is 43.3 Å². The van der Waals surface area contributed by atoms with Gasteiger partial charge in [-0.3, -0.25) is 13.9 Å².